The molecule has 4 heterocycles. The molecular formula is C22H24N8OS2. The number of anilines is 3. The first-order valence-electron chi connectivity index (χ1n) is 10.7. The minimum Gasteiger partial charge on any atom is -0.355 e. The van der Waals surface area contributed by atoms with Crippen LogP contribution in [0.5, 0.6) is 0 Å². The van der Waals surface area contributed by atoms with Gasteiger partial charge in [-0.15, -0.1) is 10.2 Å². The average Bonchev–Trinajstić information content (AvgIpc) is 3.54. The van der Waals surface area contributed by atoms with Gasteiger partial charge in [0.05, 0.1) is 4.70 Å². The molecule has 1 unspecified atom stereocenters. The molecule has 0 saturated carbocycles. The predicted molar refractivity (Wildman–Crippen MR) is 133 cm³/mol. The van der Waals surface area contributed by atoms with E-state index in [2.05, 4.69) is 35.7 Å². The first-order valence-corrected chi connectivity index (χ1v) is 12.3. The molecule has 5 rings (SSSR count). The Bertz CT molecular complexity index is 1210. The fourth-order valence-electron chi connectivity index (χ4n) is 3.94. The molecule has 3 aromatic heterocycles. The molecule has 2 atom stereocenters. The SMILES string of the molecule is CN(C)C(C(=O)Nc1nnc(N[C@@H]2CCN(c3nc4ncccc4s3)C2)s1)c1ccccc1. The summed E-state index contributed by atoms with van der Waals surface area (Å²) in [4.78, 5) is 26.1. The molecule has 33 heavy (non-hydrogen) atoms. The summed E-state index contributed by atoms with van der Waals surface area (Å²) in [5.41, 5.74) is 1.73. The molecule has 1 saturated heterocycles. The van der Waals surface area contributed by atoms with Crippen LogP contribution in [-0.4, -0.2) is 64.2 Å². The molecule has 170 valence electrons. The van der Waals surface area contributed by atoms with Gasteiger partial charge in [0.15, 0.2) is 10.8 Å². The molecule has 1 fully saturated rings. The number of rotatable bonds is 7. The number of amides is 1. The molecule has 0 radical (unpaired) electrons. The average molecular weight is 481 g/mol. The molecule has 2 N–H and O–H groups in total. The maximum absolute atomic E-state index is 12.9. The van der Waals surface area contributed by atoms with E-state index in [4.69, 9.17) is 0 Å². The minimum absolute atomic E-state index is 0.134. The highest BCUT2D eigenvalue weighted by Crippen LogP contribution is 2.31. The van der Waals surface area contributed by atoms with Crippen molar-refractivity contribution in [3.63, 3.8) is 0 Å². The lowest BCUT2D eigenvalue weighted by atomic mass is 10.1. The molecule has 9 nitrogen and oxygen atoms in total. The van der Waals surface area contributed by atoms with Crippen molar-refractivity contribution < 1.29 is 4.79 Å². The van der Waals surface area contributed by atoms with E-state index in [0.29, 0.717) is 10.3 Å². The van der Waals surface area contributed by atoms with E-state index in [9.17, 15) is 4.79 Å². The standard InChI is InChI=1S/C22H24N8OS2/c1-29(2)17(14-7-4-3-5-8-14)19(31)26-21-28-27-20(33-21)24-15-10-12-30(13-15)22-25-18-16(32-22)9-6-11-23-18/h3-9,11,15,17H,10,12-13H2,1-2H3,(H,24,27)(H,26,28,31)/t15-,17?/m1/s1. The van der Waals surface area contributed by atoms with Crippen LogP contribution >= 0.6 is 22.7 Å². The van der Waals surface area contributed by atoms with Crippen molar-refractivity contribution in [3.05, 3.63) is 54.2 Å². The number of pyridine rings is 1. The Kier molecular flexibility index (Phi) is 6.16. The normalized spacial score (nSPS) is 16.9. The molecule has 4 aromatic rings. The molecule has 0 aliphatic carbocycles. The van der Waals surface area contributed by atoms with Crippen molar-refractivity contribution in [2.75, 3.05) is 42.7 Å². The maximum Gasteiger partial charge on any atom is 0.248 e. The van der Waals surface area contributed by atoms with Gasteiger partial charge in [0.25, 0.3) is 0 Å². The number of aromatic nitrogens is 4. The lowest BCUT2D eigenvalue weighted by Crippen LogP contribution is -2.32. The van der Waals surface area contributed by atoms with Crippen molar-refractivity contribution in [1.29, 1.82) is 0 Å². The lowest BCUT2D eigenvalue weighted by molar-refractivity contribution is -0.120. The maximum atomic E-state index is 12.9. The summed E-state index contributed by atoms with van der Waals surface area (Å²) in [6, 6.07) is 13.5. The first kappa shape index (κ1) is 21.7. The smallest absolute Gasteiger partial charge is 0.248 e. The molecule has 1 amide bonds. The van der Waals surface area contributed by atoms with Gasteiger partial charge in [-0.05, 0) is 38.2 Å². The zero-order chi connectivity index (χ0) is 22.8. The van der Waals surface area contributed by atoms with Crippen LogP contribution < -0.4 is 15.5 Å². The van der Waals surface area contributed by atoms with Gasteiger partial charge < -0.3 is 10.2 Å². The fraction of sp³-hybridized carbons (Fsp3) is 0.318. The van der Waals surface area contributed by atoms with E-state index in [1.165, 1.54) is 11.3 Å². The molecule has 11 heteroatoms. The van der Waals surface area contributed by atoms with Gasteiger partial charge in [0.1, 0.15) is 6.04 Å². The highest BCUT2D eigenvalue weighted by Gasteiger charge is 2.27. The van der Waals surface area contributed by atoms with E-state index in [-0.39, 0.29) is 11.9 Å². The molecule has 1 aliphatic heterocycles. The summed E-state index contributed by atoms with van der Waals surface area (Å²) in [5, 5.41) is 16.9. The van der Waals surface area contributed by atoms with Gasteiger partial charge in [-0.1, -0.05) is 53.0 Å². The zero-order valence-corrected chi connectivity index (χ0v) is 19.9. The Balaban J connectivity index is 1.20. The molecule has 0 spiro atoms. The van der Waals surface area contributed by atoms with Gasteiger partial charge in [-0.2, -0.15) is 4.98 Å². The molecule has 1 aromatic carbocycles. The van der Waals surface area contributed by atoms with Crippen LogP contribution in [0.2, 0.25) is 0 Å². The number of hydrogen-bond acceptors (Lipinski definition) is 10. The fourth-order valence-corrected chi connectivity index (χ4v) is 5.63. The van der Waals surface area contributed by atoms with Crippen molar-refractivity contribution in [1.82, 2.24) is 25.1 Å². The molecule has 0 bridgehead atoms. The van der Waals surface area contributed by atoms with Crippen LogP contribution in [0.25, 0.3) is 10.3 Å². The molecule has 1 aliphatic rings. The Hall–Kier alpha value is -3.15. The summed E-state index contributed by atoms with van der Waals surface area (Å²) >= 11 is 3.01. The first-order chi connectivity index (χ1) is 16.1. The van der Waals surface area contributed by atoms with Gasteiger partial charge in [0, 0.05) is 25.3 Å². The van der Waals surface area contributed by atoms with E-state index in [1.54, 1.807) is 17.5 Å². The Morgan fingerprint density at radius 1 is 1.12 bits per heavy atom. The van der Waals surface area contributed by atoms with Crippen LogP contribution in [0.15, 0.2) is 48.7 Å². The minimum atomic E-state index is -0.404. The third-order valence-corrected chi connectivity index (χ3v) is 7.32. The van der Waals surface area contributed by atoms with E-state index in [0.717, 1.165) is 40.6 Å². The van der Waals surface area contributed by atoms with Crippen molar-refractivity contribution >= 4 is 54.3 Å². The Morgan fingerprint density at radius 3 is 2.73 bits per heavy atom. The summed E-state index contributed by atoms with van der Waals surface area (Å²) in [5.74, 6) is -0.134. The second kappa shape index (κ2) is 9.38. The third-order valence-electron chi connectivity index (χ3n) is 5.48. The number of carbonyl (C=O) groups excluding carboxylic acids is 1. The predicted octanol–water partition coefficient (Wildman–Crippen LogP) is 3.48. The second-order valence-corrected chi connectivity index (χ2v) is 10.1. The second-order valence-electron chi connectivity index (χ2n) is 8.08. The van der Waals surface area contributed by atoms with Crippen molar-refractivity contribution in [2.45, 2.75) is 18.5 Å². The van der Waals surface area contributed by atoms with Crippen LogP contribution in [0.3, 0.4) is 0 Å². The number of likely N-dealkylation sites (N-methyl/N-ethyl adjacent to an activating group) is 1. The number of fused-ring (bicyclic) bond motifs is 1. The quantitative estimate of drug-likeness (QED) is 0.415. The van der Waals surface area contributed by atoms with Gasteiger partial charge >= 0.3 is 0 Å². The number of carbonyl (C=O) groups is 1. The summed E-state index contributed by atoms with van der Waals surface area (Å²) < 4.78 is 1.10. The summed E-state index contributed by atoms with van der Waals surface area (Å²) in [6.45, 7) is 1.75. The molecular weight excluding hydrogens is 456 g/mol. The van der Waals surface area contributed by atoms with Crippen LogP contribution in [0.4, 0.5) is 15.4 Å². The number of nitrogens with zero attached hydrogens (tertiary/aromatic N) is 6. The number of hydrogen-bond donors (Lipinski definition) is 2. The number of benzene rings is 1. The highest BCUT2D eigenvalue weighted by atomic mass is 32.1. The van der Waals surface area contributed by atoms with Crippen LogP contribution in [0.1, 0.15) is 18.0 Å². The zero-order valence-electron chi connectivity index (χ0n) is 18.3. The monoisotopic (exact) mass is 480 g/mol. The third kappa shape index (κ3) is 4.80. The van der Waals surface area contributed by atoms with Crippen molar-refractivity contribution in [3.8, 4) is 0 Å². The highest BCUT2D eigenvalue weighted by molar-refractivity contribution is 7.22. The Labute approximate surface area is 199 Å². The Morgan fingerprint density at radius 2 is 1.94 bits per heavy atom. The summed E-state index contributed by atoms with van der Waals surface area (Å²) in [7, 11) is 3.77. The van der Waals surface area contributed by atoms with E-state index >= 15 is 0 Å². The van der Waals surface area contributed by atoms with Gasteiger partial charge in [-0.3, -0.25) is 15.0 Å². The van der Waals surface area contributed by atoms with Crippen LogP contribution in [0, 0.1) is 0 Å². The van der Waals surface area contributed by atoms with E-state index in [1.807, 2.05) is 61.5 Å². The van der Waals surface area contributed by atoms with Crippen molar-refractivity contribution in [2.24, 2.45) is 0 Å². The summed E-state index contributed by atoms with van der Waals surface area (Å²) in [6.07, 6.45) is 2.74. The number of nitrogens with one attached hydrogen (secondary N) is 2. The van der Waals surface area contributed by atoms with Gasteiger partial charge in [-0.25, -0.2) is 4.98 Å². The van der Waals surface area contributed by atoms with Gasteiger partial charge in [0.2, 0.25) is 16.2 Å². The van der Waals surface area contributed by atoms with Crippen LogP contribution in [-0.2, 0) is 4.79 Å². The topological polar surface area (TPSA) is 99.2 Å². The number of thiazole rings is 1. The lowest BCUT2D eigenvalue weighted by Gasteiger charge is -2.23. The van der Waals surface area contributed by atoms with E-state index < -0.39 is 6.04 Å². The largest absolute Gasteiger partial charge is 0.355 e.